The lowest BCUT2D eigenvalue weighted by atomic mass is 9.89. The first-order chi connectivity index (χ1) is 15.5. The van der Waals surface area contributed by atoms with Crippen LogP contribution in [0.25, 0.3) is 21.8 Å². The topological polar surface area (TPSA) is 51.5 Å². The van der Waals surface area contributed by atoms with E-state index in [1.165, 1.54) is 0 Å². The van der Waals surface area contributed by atoms with Gasteiger partial charge in [0.05, 0.1) is 29.8 Å². The number of hydrogen-bond acceptors (Lipinski definition) is 4. The molecule has 0 amide bonds. The zero-order valence-corrected chi connectivity index (χ0v) is 18.4. The Morgan fingerprint density at radius 3 is 2.22 bits per heavy atom. The summed E-state index contributed by atoms with van der Waals surface area (Å²) in [5.41, 5.74) is 1.92. The molecule has 32 heavy (non-hydrogen) atoms. The van der Waals surface area contributed by atoms with Crippen molar-refractivity contribution in [3.63, 3.8) is 0 Å². The van der Waals surface area contributed by atoms with Crippen molar-refractivity contribution in [3.05, 3.63) is 83.9 Å². The average molecular weight is 427 g/mol. The van der Waals surface area contributed by atoms with Crippen LogP contribution >= 0.6 is 0 Å². The number of fused-ring (bicyclic) bond motifs is 3. The fourth-order valence-electron chi connectivity index (χ4n) is 4.72. The number of ketones is 1. The largest absolute Gasteiger partial charge is 0.379 e. The number of Topliss-reactive ketones (excluding diaryl/α,β-unsaturated/α-hetero) is 1. The smallest absolute Gasteiger partial charge is 0.262 e. The van der Waals surface area contributed by atoms with E-state index in [1.54, 1.807) is 4.57 Å². The van der Waals surface area contributed by atoms with Crippen molar-refractivity contribution in [2.75, 3.05) is 26.3 Å². The number of carbonyl (C=O) groups is 2. The van der Waals surface area contributed by atoms with Gasteiger partial charge in [-0.05, 0) is 38.1 Å². The van der Waals surface area contributed by atoms with Crippen molar-refractivity contribution in [3.8, 4) is 0 Å². The van der Waals surface area contributed by atoms with Crippen LogP contribution in [-0.4, -0.2) is 53.0 Å². The molecular formula is C27H26N2O3. The molecule has 1 aliphatic heterocycles. The first kappa shape index (κ1) is 20.6. The highest BCUT2D eigenvalue weighted by atomic mass is 16.5. The molecular weight excluding hydrogens is 400 g/mol. The first-order valence-corrected chi connectivity index (χ1v) is 11.0. The van der Waals surface area contributed by atoms with E-state index >= 15 is 0 Å². The Labute approximate surface area is 187 Å². The molecule has 0 aliphatic carbocycles. The van der Waals surface area contributed by atoms with Gasteiger partial charge in [0, 0.05) is 35.0 Å². The SMILES string of the molecule is CC(C)(C(=O)c1cccc2c3ccccc3n(C(=O)c3ccccc3)c12)N1CCOCC1. The van der Waals surface area contributed by atoms with Gasteiger partial charge in [0.2, 0.25) is 0 Å². The van der Waals surface area contributed by atoms with Crippen LogP contribution in [0.5, 0.6) is 0 Å². The molecule has 1 fully saturated rings. The van der Waals surface area contributed by atoms with Crippen molar-refractivity contribution in [1.29, 1.82) is 0 Å². The summed E-state index contributed by atoms with van der Waals surface area (Å²) in [6, 6.07) is 22.8. The Morgan fingerprint density at radius 1 is 0.812 bits per heavy atom. The van der Waals surface area contributed by atoms with E-state index in [2.05, 4.69) is 4.90 Å². The summed E-state index contributed by atoms with van der Waals surface area (Å²) in [6.07, 6.45) is 0. The number of ether oxygens (including phenoxy) is 1. The van der Waals surface area contributed by atoms with Crippen molar-refractivity contribution in [1.82, 2.24) is 9.47 Å². The fourth-order valence-corrected chi connectivity index (χ4v) is 4.72. The fraction of sp³-hybridized carbons (Fsp3) is 0.259. The van der Waals surface area contributed by atoms with Crippen LogP contribution < -0.4 is 0 Å². The lowest BCUT2D eigenvalue weighted by Gasteiger charge is -2.39. The minimum atomic E-state index is -0.713. The average Bonchev–Trinajstić information content (AvgIpc) is 3.19. The second-order valence-electron chi connectivity index (χ2n) is 8.71. The second-order valence-corrected chi connectivity index (χ2v) is 8.71. The van der Waals surface area contributed by atoms with Crippen molar-refractivity contribution >= 4 is 33.5 Å². The zero-order chi connectivity index (χ0) is 22.3. The van der Waals surface area contributed by atoms with Gasteiger partial charge < -0.3 is 4.74 Å². The molecule has 0 spiro atoms. The molecule has 5 heteroatoms. The predicted octanol–water partition coefficient (Wildman–Crippen LogP) is 4.78. The molecule has 0 bridgehead atoms. The van der Waals surface area contributed by atoms with E-state index in [1.807, 2.05) is 86.6 Å². The maximum absolute atomic E-state index is 14.0. The minimum Gasteiger partial charge on any atom is -0.379 e. The second kappa shape index (κ2) is 8.01. The number of para-hydroxylation sites is 2. The van der Waals surface area contributed by atoms with Crippen molar-refractivity contribution in [2.45, 2.75) is 19.4 Å². The first-order valence-electron chi connectivity index (χ1n) is 11.0. The summed E-state index contributed by atoms with van der Waals surface area (Å²) < 4.78 is 7.20. The lowest BCUT2D eigenvalue weighted by Crippen LogP contribution is -2.54. The van der Waals surface area contributed by atoms with Gasteiger partial charge in [0.15, 0.2) is 5.78 Å². The third-order valence-corrected chi connectivity index (χ3v) is 6.52. The summed E-state index contributed by atoms with van der Waals surface area (Å²) in [4.78, 5) is 29.8. The molecule has 0 atom stereocenters. The number of aromatic nitrogens is 1. The van der Waals surface area contributed by atoms with Gasteiger partial charge in [-0.15, -0.1) is 0 Å². The Morgan fingerprint density at radius 2 is 1.47 bits per heavy atom. The van der Waals surface area contributed by atoms with E-state index in [0.717, 1.165) is 16.3 Å². The highest BCUT2D eigenvalue weighted by Gasteiger charge is 2.37. The predicted molar refractivity (Wildman–Crippen MR) is 126 cm³/mol. The lowest BCUT2D eigenvalue weighted by molar-refractivity contribution is -0.00424. The van der Waals surface area contributed by atoms with Gasteiger partial charge in [0.25, 0.3) is 5.91 Å². The van der Waals surface area contributed by atoms with Crippen LogP contribution in [0.15, 0.2) is 72.8 Å². The summed E-state index contributed by atoms with van der Waals surface area (Å²) in [6.45, 7) is 6.58. The van der Waals surface area contributed by atoms with Crippen LogP contribution in [0, 0.1) is 0 Å². The van der Waals surface area contributed by atoms with Gasteiger partial charge in [-0.25, -0.2) is 0 Å². The van der Waals surface area contributed by atoms with Crippen molar-refractivity contribution < 1.29 is 14.3 Å². The zero-order valence-electron chi connectivity index (χ0n) is 18.4. The molecule has 2 heterocycles. The van der Waals surface area contributed by atoms with E-state index in [9.17, 15) is 9.59 Å². The quantitative estimate of drug-likeness (QED) is 0.441. The summed E-state index contributed by atoms with van der Waals surface area (Å²) >= 11 is 0. The van der Waals surface area contributed by atoms with Crippen LogP contribution in [0.1, 0.15) is 34.6 Å². The minimum absolute atomic E-state index is 0.00918. The molecule has 4 aromatic rings. The van der Waals surface area contributed by atoms with Gasteiger partial charge in [0.1, 0.15) is 0 Å². The normalized spacial score (nSPS) is 15.3. The van der Waals surface area contributed by atoms with Gasteiger partial charge in [-0.1, -0.05) is 48.5 Å². The Hall–Kier alpha value is -3.28. The van der Waals surface area contributed by atoms with E-state index in [0.29, 0.717) is 42.9 Å². The molecule has 0 radical (unpaired) electrons. The molecule has 5 nitrogen and oxygen atoms in total. The number of hydrogen-bond donors (Lipinski definition) is 0. The van der Waals surface area contributed by atoms with Gasteiger partial charge in [-0.2, -0.15) is 0 Å². The molecule has 162 valence electrons. The van der Waals surface area contributed by atoms with Crippen LogP contribution in [0.2, 0.25) is 0 Å². The molecule has 0 N–H and O–H groups in total. The summed E-state index contributed by atoms with van der Waals surface area (Å²) in [7, 11) is 0. The molecule has 0 saturated carbocycles. The maximum atomic E-state index is 14.0. The van der Waals surface area contributed by atoms with E-state index in [4.69, 9.17) is 4.74 Å². The van der Waals surface area contributed by atoms with Crippen LogP contribution in [-0.2, 0) is 4.74 Å². The third kappa shape index (κ3) is 3.25. The third-order valence-electron chi connectivity index (χ3n) is 6.52. The molecule has 1 aromatic heterocycles. The summed E-state index contributed by atoms with van der Waals surface area (Å²) in [5.74, 6) is -0.129. The number of nitrogens with zero attached hydrogens (tertiary/aromatic N) is 2. The highest BCUT2D eigenvalue weighted by molar-refractivity contribution is 6.22. The molecule has 5 rings (SSSR count). The van der Waals surface area contributed by atoms with Crippen LogP contribution in [0.3, 0.4) is 0 Å². The Bertz CT molecular complexity index is 1320. The van der Waals surface area contributed by atoms with E-state index in [-0.39, 0.29) is 11.7 Å². The number of benzene rings is 3. The standard InChI is InChI=1S/C27H26N2O3/c1-27(2,28-15-17-32-18-16-28)25(30)22-13-8-12-21-20-11-6-7-14-23(20)29(24(21)22)26(31)19-9-4-3-5-10-19/h3-14H,15-18H2,1-2H3. The Kier molecular flexibility index (Phi) is 5.16. The van der Waals surface area contributed by atoms with Crippen molar-refractivity contribution in [2.24, 2.45) is 0 Å². The summed E-state index contributed by atoms with van der Waals surface area (Å²) in [5, 5.41) is 1.87. The number of rotatable bonds is 4. The Balaban J connectivity index is 1.75. The monoisotopic (exact) mass is 426 g/mol. The molecule has 1 aliphatic rings. The maximum Gasteiger partial charge on any atom is 0.262 e. The number of morpholine rings is 1. The molecule has 0 unspecified atom stereocenters. The molecule has 1 saturated heterocycles. The molecule has 3 aromatic carbocycles. The van der Waals surface area contributed by atoms with Crippen LogP contribution in [0.4, 0.5) is 0 Å². The highest BCUT2D eigenvalue weighted by Crippen LogP contribution is 2.34. The number of carbonyl (C=O) groups excluding carboxylic acids is 2. The van der Waals surface area contributed by atoms with E-state index < -0.39 is 5.54 Å². The van der Waals surface area contributed by atoms with Gasteiger partial charge >= 0.3 is 0 Å². The van der Waals surface area contributed by atoms with Gasteiger partial charge in [-0.3, -0.25) is 19.1 Å².